The third kappa shape index (κ3) is 3.01. The van der Waals surface area contributed by atoms with Gasteiger partial charge in [-0.2, -0.15) is 0 Å². The predicted octanol–water partition coefficient (Wildman–Crippen LogP) is 2.66. The number of carboxylic acids is 1. The molecule has 0 amide bonds. The summed E-state index contributed by atoms with van der Waals surface area (Å²) >= 11 is 0. The number of fused-ring (bicyclic) bond motifs is 2. The van der Waals surface area contributed by atoms with Gasteiger partial charge in [-0.05, 0) is 58.3 Å². The summed E-state index contributed by atoms with van der Waals surface area (Å²) < 4.78 is 6.13. The molecule has 4 heteroatoms. The molecule has 3 atom stereocenters. The molecule has 1 N–H and O–H groups in total. The van der Waals surface area contributed by atoms with Crippen molar-refractivity contribution in [1.29, 1.82) is 0 Å². The van der Waals surface area contributed by atoms with Crippen LogP contribution in [0.2, 0.25) is 0 Å². The molecule has 2 bridgehead atoms. The smallest absolute Gasteiger partial charge is 0.303 e. The fraction of sp³-hybridized carbons (Fsp3) is 0.938. The molecule has 3 heterocycles. The summed E-state index contributed by atoms with van der Waals surface area (Å²) in [7, 11) is 0. The van der Waals surface area contributed by atoms with Gasteiger partial charge in [0.25, 0.3) is 0 Å². The zero-order valence-corrected chi connectivity index (χ0v) is 12.7. The first-order chi connectivity index (χ1) is 9.43. The highest BCUT2D eigenvalue weighted by molar-refractivity contribution is 5.67. The van der Waals surface area contributed by atoms with Crippen molar-refractivity contribution in [3.8, 4) is 0 Å². The third-order valence-electron chi connectivity index (χ3n) is 5.41. The lowest BCUT2D eigenvalue weighted by molar-refractivity contribution is -0.138. The number of carbonyl (C=O) groups is 1. The van der Waals surface area contributed by atoms with E-state index in [0.29, 0.717) is 30.5 Å². The standard InChI is InChI=1S/C16H27NO3/c1-16(2)6-5-14(20-16)10-17-12-3-4-13(17)8-11(7-12)9-15(18)19/h11-14H,3-10H2,1-2H3,(H,18,19). The van der Waals surface area contributed by atoms with Crippen LogP contribution in [0.15, 0.2) is 0 Å². The number of hydrogen-bond acceptors (Lipinski definition) is 3. The fourth-order valence-electron chi connectivity index (χ4n) is 4.54. The molecule has 20 heavy (non-hydrogen) atoms. The Morgan fingerprint density at radius 1 is 1.25 bits per heavy atom. The highest BCUT2D eigenvalue weighted by atomic mass is 16.5. The molecule has 3 saturated heterocycles. The SMILES string of the molecule is CC1(C)CCC(CN2C3CCC2CC(CC(=O)O)C3)O1. The van der Waals surface area contributed by atoms with Crippen LogP contribution in [0.4, 0.5) is 0 Å². The number of carboxylic acid groups (broad SMARTS) is 1. The Balaban J connectivity index is 1.56. The summed E-state index contributed by atoms with van der Waals surface area (Å²) in [5, 5.41) is 8.98. The quantitative estimate of drug-likeness (QED) is 0.860. The Labute approximate surface area is 121 Å². The molecule has 3 unspecified atom stereocenters. The van der Waals surface area contributed by atoms with Crippen LogP contribution in [0.3, 0.4) is 0 Å². The average molecular weight is 281 g/mol. The molecule has 0 aromatic rings. The first kappa shape index (κ1) is 14.3. The van der Waals surface area contributed by atoms with Crippen LogP contribution < -0.4 is 0 Å². The van der Waals surface area contributed by atoms with E-state index in [0.717, 1.165) is 25.8 Å². The van der Waals surface area contributed by atoms with Crippen molar-refractivity contribution in [1.82, 2.24) is 4.90 Å². The van der Waals surface area contributed by atoms with Crippen molar-refractivity contribution in [3.05, 3.63) is 0 Å². The van der Waals surface area contributed by atoms with Crippen LogP contribution in [0.1, 0.15) is 58.8 Å². The Kier molecular flexibility index (Phi) is 3.80. The zero-order chi connectivity index (χ0) is 14.3. The van der Waals surface area contributed by atoms with Crippen molar-refractivity contribution in [2.75, 3.05) is 6.54 Å². The van der Waals surface area contributed by atoms with Gasteiger partial charge in [-0.3, -0.25) is 9.69 Å². The monoisotopic (exact) mass is 281 g/mol. The number of hydrogen-bond donors (Lipinski definition) is 1. The van der Waals surface area contributed by atoms with Crippen LogP contribution in [0.5, 0.6) is 0 Å². The first-order valence-electron chi connectivity index (χ1n) is 8.08. The summed E-state index contributed by atoms with van der Waals surface area (Å²) in [4.78, 5) is 13.5. The van der Waals surface area contributed by atoms with Gasteiger partial charge < -0.3 is 9.84 Å². The van der Waals surface area contributed by atoms with Crippen molar-refractivity contribution in [3.63, 3.8) is 0 Å². The highest BCUT2D eigenvalue weighted by Gasteiger charge is 2.43. The summed E-state index contributed by atoms with van der Waals surface area (Å²) in [5.74, 6) is -0.245. The lowest BCUT2D eigenvalue weighted by atomic mass is 9.88. The molecule has 3 fully saturated rings. The van der Waals surface area contributed by atoms with Gasteiger partial charge in [-0.15, -0.1) is 0 Å². The van der Waals surface area contributed by atoms with Crippen LogP contribution in [0, 0.1) is 5.92 Å². The van der Waals surface area contributed by atoms with Crippen LogP contribution in [-0.4, -0.2) is 46.3 Å². The highest BCUT2D eigenvalue weighted by Crippen LogP contribution is 2.41. The first-order valence-corrected chi connectivity index (χ1v) is 8.08. The van der Waals surface area contributed by atoms with Crippen molar-refractivity contribution < 1.29 is 14.6 Å². The van der Waals surface area contributed by atoms with Crippen molar-refractivity contribution >= 4 is 5.97 Å². The molecule has 0 aromatic heterocycles. The molecule has 0 aliphatic carbocycles. The summed E-state index contributed by atoms with van der Waals surface area (Å²) in [6, 6.07) is 1.20. The predicted molar refractivity (Wildman–Crippen MR) is 76.7 cm³/mol. The van der Waals surface area contributed by atoms with Gasteiger partial charge >= 0.3 is 5.97 Å². The van der Waals surface area contributed by atoms with Crippen molar-refractivity contribution in [2.24, 2.45) is 5.92 Å². The largest absolute Gasteiger partial charge is 0.481 e. The lowest BCUT2D eigenvalue weighted by Crippen LogP contribution is -2.46. The van der Waals surface area contributed by atoms with Gasteiger partial charge in [0.15, 0.2) is 0 Å². The normalized spacial score (nSPS) is 40.1. The molecule has 3 aliphatic heterocycles. The van der Waals surface area contributed by atoms with Crippen LogP contribution >= 0.6 is 0 Å². The number of nitrogens with zero attached hydrogens (tertiary/aromatic N) is 1. The van der Waals surface area contributed by atoms with E-state index >= 15 is 0 Å². The molecule has 0 aromatic carbocycles. The zero-order valence-electron chi connectivity index (χ0n) is 12.7. The maximum absolute atomic E-state index is 10.9. The van der Waals surface area contributed by atoms with Gasteiger partial charge in [0.1, 0.15) is 0 Å². The minimum absolute atomic E-state index is 0.0470. The van der Waals surface area contributed by atoms with E-state index < -0.39 is 5.97 Å². The molecule has 3 aliphatic rings. The van der Waals surface area contributed by atoms with Gasteiger partial charge in [0.05, 0.1) is 11.7 Å². The molecule has 0 radical (unpaired) electrons. The van der Waals surface area contributed by atoms with Crippen LogP contribution in [-0.2, 0) is 9.53 Å². The maximum atomic E-state index is 10.9. The average Bonchev–Trinajstić information content (AvgIpc) is 2.78. The Hall–Kier alpha value is -0.610. The summed E-state index contributed by atoms with van der Waals surface area (Å²) in [5.41, 5.74) is 0.0470. The van der Waals surface area contributed by atoms with E-state index in [1.54, 1.807) is 0 Å². The Bertz CT molecular complexity index is 368. The second kappa shape index (κ2) is 5.30. The van der Waals surface area contributed by atoms with Crippen LogP contribution in [0.25, 0.3) is 0 Å². The van der Waals surface area contributed by atoms with Gasteiger partial charge in [0, 0.05) is 25.0 Å². The van der Waals surface area contributed by atoms with Gasteiger partial charge in [0.2, 0.25) is 0 Å². The Morgan fingerprint density at radius 3 is 2.40 bits per heavy atom. The minimum Gasteiger partial charge on any atom is -0.481 e. The molecule has 0 spiro atoms. The molecular weight excluding hydrogens is 254 g/mol. The molecule has 3 rings (SSSR count). The number of aliphatic carboxylic acids is 1. The molecule has 4 nitrogen and oxygen atoms in total. The molecule has 114 valence electrons. The molecular formula is C16H27NO3. The van der Waals surface area contributed by atoms with Gasteiger partial charge in [-0.1, -0.05) is 0 Å². The van der Waals surface area contributed by atoms with E-state index in [9.17, 15) is 4.79 Å². The summed E-state index contributed by atoms with van der Waals surface area (Å²) in [6.07, 6.45) is 7.69. The van der Waals surface area contributed by atoms with E-state index in [4.69, 9.17) is 9.84 Å². The van der Waals surface area contributed by atoms with E-state index in [1.807, 2.05) is 0 Å². The number of ether oxygens (including phenoxy) is 1. The van der Waals surface area contributed by atoms with E-state index in [1.165, 1.54) is 19.3 Å². The fourth-order valence-corrected chi connectivity index (χ4v) is 4.54. The number of piperidine rings is 1. The van der Waals surface area contributed by atoms with E-state index in [2.05, 4.69) is 18.7 Å². The second-order valence-corrected chi connectivity index (χ2v) is 7.56. The minimum atomic E-state index is -0.635. The number of rotatable bonds is 4. The topological polar surface area (TPSA) is 49.8 Å². The van der Waals surface area contributed by atoms with Gasteiger partial charge in [-0.25, -0.2) is 0 Å². The van der Waals surface area contributed by atoms with E-state index in [-0.39, 0.29) is 5.60 Å². The molecule has 0 saturated carbocycles. The summed E-state index contributed by atoms with van der Waals surface area (Å²) in [6.45, 7) is 5.42. The second-order valence-electron chi connectivity index (χ2n) is 7.56. The Morgan fingerprint density at radius 2 is 1.90 bits per heavy atom. The third-order valence-corrected chi connectivity index (χ3v) is 5.41. The van der Waals surface area contributed by atoms with Crippen molar-refractivity contribution in [2.45, 2.75) is 82.6 Å². The maximum Gasteiger partial charge on any atom is 0.303 e. The lowest BCUT2D eigenvalue weighted by Gasteiger charge is -2.40.